The molecule has 0 spiro atoms. The largest absolute Gasteiger partial charge is 0.371 e. The molecule has 0 bridgehead atoms. The van der Waals surface area contributed by atoms with E-state index in [1.165, 1.54) is 24.9 Å². The molecule has 1 rings (SSSR count). The summed E-state index contributed by atoms with van der Waals surface area (Å²) in [4.78, 5) is 2.50. The van der Waals surface area contributed by atoms with Crippen LogP contribution in [0, 0.1) is 5.41 Å². The molecule has 0 aliphatic carbocycles. The van der Waals surface area contributed by atoms with Gasteiger partial charge in [-0.3, -0.25) is 0 Å². The Bertz CT molecular complexity index is 350. The molecule has 0 aromatic heterocycles. The van der Waals surface area contributed by atoms with E-state index in [2.05, 4.69) is 68.2 Å². The minimum atomic E-state index is 0.343. The van der Waals surface area contributed by atoms with Crippen LogP contribution in [0.3, 0.4) is 0 Å². The van der Waals surface area contributed by atoms with Crippen molar-refractivity contribution >= 4 is 5.69 Å². The molecule has 20 heavy (non-hydrogen) atoms. The number of nitrogens with zero attached hydrogens (tertiary/aromatic N) is 1. The average Bonchev–Trinajstić information content (AvgIpc) is 2.46. The Balaban J connectivity index is 2.71. The van der Waals surface area contributed by atoms with Crippen molar-refractivity contribution in [3.63, 3.8) is 0 Å². The molecule has 1 atom stereocenters. The fourth-order valence-electron chi connectivity index (χ4n) is 2.88. The highest BCUT2D eigenvalue weighted by molar-refractivity contribution is 5.46. The van der Waals surface area contributed by atoms with Crippen molar-refractivity contribution in [2.24, 2.45) is 5.41 Å². The van der Waals surface area contributed by atoms with Crippen molar-refractivity contribution in [2.75, 3.05) is 31.1 Å². The Morgan fingerprint density at radius 3 is 2.30 bits per heavy atom. The molecule has 0 saturated carbocycles. The molecule has 1 N–H and O–H groups in total. The van der Waals surface area contributed by atoms with E-state index in [0.717, 1.165) is 26.2 Å². The second-order valence-electron chi connectivity index (χ2n) is 6.09. The Morgan fingerprint density at radius 2 is 1.75 bits per heavy atom. The Labute approximate surface area is 125 Å². The Kier molecular flexibility index (Phi) is 7.68. The summed E-state index contributed by atoms with van der Waals surface area (Å²) in [5.41, 5.74) is 1.68. The summed E-state index contributed by atoms with van der Waals surface area (Å²) < 4.78 is 0. The topological polar surface area (TPSA) is 15.3 Å². The summed E-state index contributed by atoms with van der Waals surface area (Å²) in [5.74, 6) is 0. The number of rotatable bonds is 10. The van der Waals surface area contributed by atoms with Crippen LogP contribution in [0.4, 0.5) is 5.69 Å². The van der Waals surface area contributed by atoms with Crippen LogP contribution >= 0.6 is 0 Å². The highest BCUT2D eigenvalue weighted by Gasteiger charge is 2.25. The number of hydrogen-bond acceptors (Lipinski definition) is 2. The molecule has 0 aliphatic rings. The van der Waals surface area contributed by atoms with Crippen LogP contribution in [0.2, 0.25) is 0 Å². The van der Waals surface area contributed by atoms with Crippen molar-refractivity contribution in [3.05, 3.63) is 30.3 Å². The van der Waals surface area contributed by atoms with Gasteiger partial charge >= 0.3 is 0 Å². The van der Waals surface area contributed by atoms with Crippen LogP contribution in [0.25, 0.3) is 0 Å². The van der Waals surface area contributed by atoms with E-state index in [1.807, 2.05) is 0 Å². The second-order valence-corrected chi connectivity index (χ2v) is 6.09. The molecule has 1 aromatic carbocycles. The molecule has 2 nitrogen and oxygen atoms in total. The van der Waals surface area contributed by atoms with Gasteiger partial charge in [-0.25, -0.2) is 0 Å². The van der Waals surface area contributed by atoms with Crippen LogP contribution < -0.4 is 10.2 Å². The minimum Gasteiger partial charge on any atom is -0.371 e. The molecule has 1 aromatic rings. The first kappa shape index (κ1) is 17.0. The highest BCUT2D eigenvalue weighted by Crippen LogP contribution is 2.26. The molecule has 0 radical (unpaired) electrons. The van der Waals surface area contributed by atoms with E-state index >= 15 is 0 Å². The zero-order valence-electron chi connectivity index (χ0n) is 13.8. The molecule has 0 fully saturated rings. The Morgan fingerprint density at radius 1 is 1.05 bits per heavy atom. The maximum absolute atomic E-state index is 3.61. The molecule has 0 aliphatic heterocycles. The van der Waals surface area contributed by atoms with Crippen LogP contribution in [0.5, 0.6) is 0 Å². The van der Waals surface area contributed by atoms with E-state index in [1.54, 1.807) is 0 Å². The summed E-state index contributed by atoms with van der Waals surface area (Å²) >= 11 is 0. The van der Waals surface area contributed by atoms with Gasteiger partial charge in [-0.05, 0) is 43.9 Å². The van der Waals surface area contributed by atoms with Crippen molar-refractivity contribution in [2.45, 2.75) is 47.0 Å². The third kappa shape index (κ3) is 5.54. The van der Waals surface area contributed by atoms with E-state index in [4.69, 9.17) is 0 Å². The van der Waals surface area contributed by atoms with Gasteiger partial charge in [-0.2, -0.15) is 0 Å². The van der Waals surface area contributed by atoms with Crippen molar-refractivity contribution in [1.82, 2.24) is 5.32 Å². The van der Waals surface area contributed by atoms with Gasteiger partial charge in [0.2, 0.25) is 0 Å². The quantitative estimate of drug-likeness (QED) is 0.640. The Hall–Kier alpha value is -1.02. The van der Waals surface area contributed by atoms with Crippen LogP contribution in [0.15, 0.2) is 30.3 Å². The van der Waals surface area contributed by atoms with E-state index in [9.17, 15) is 0 Å². The molecule has 2 heteroatoms. The SMILES string of the molecule is CCCNCC(C)(CCC)CN(CC)c1ccccc1. The third-order valence-corrected chi connectivity index (χ3v) is 3.91. The van der Waals surface area contributed by atoms with Gasteiger partial charge in [-0.15, -0.1) is 0 Å². The number of anilines is 1. The fourth-order valence-corrected chi connectivity index (χ4v) is 2.88. The highest BCUT2D eigenvalue weighted by atomic mass is 15.1. The lowest BCUT2D eigenvalue weighted by Crippen LogP contribution is -2.42. The van der Waals surface area contributed by atoms with Gasteiger partial charge in [0.05, 0.1) is 0 Å². The summed E-state index contributed by atoms with van der Waals surface area (Å²) in [5, 5.41) is 3.61. The lowest BCUT2D eigenvalue weighted by atomic mass is 9.84. The molecule has 0 saturated heterocycles. The van der Waals surface area contributed by atoms with Crippen LogP contribution in [0.1, 0.15) is 47.0 Å². The molecule has 114 valence electrons. The first-order valence-corrected chi connectivity index (χ1v) is 8.16. The third-order valence-electron chi connectivity index (χ3n) is 3.91. The number of nitrogens with one attached hydrogen (secondary N) is 1. The maximum Gasteiger partial charge on any atom is 0.0366 e. The average molecular weight is 276 g/mol. The maximum atomic E-state index is 3.61. The monoisotopic (exact) mass is 276 g/mol. The van der Waals surface area contributed by atoms with Gasteiger partial charge in [0.25, 0.3) is 0 Å². The van der Waals surface area contributed by atoms with Crippen molar-refractivity contribution < 1.29 is 0 Å². The van der Waals surface area contributed by atoms with Gasteiger partial charge in [0.15, 0.2) is 0 Å². The zero-order valence-corrected chi connectivity index (χ0v) is 13.8. The summed E-state index contributed by atoms with van der Waals surface area (Å²) in [6.07, 6.45) is 3.72. The van der Waals surface area contributed by atoms with Crippen LogP contribution in [-0.2, 0) is 0 Å². The molecule has 0 amide bonds. The summed E-state index contributed by atoms with van der Waals surface area (Å²) in [7, 11) is 0. The number of benzene rings is 1. The van der Waals surface area contributed by atoms with Gasteiger partial charge < -0.3 is 10.2 Å². The predicted octanol–water partition coefficient (Wildman–Crippen LogP) is 4.32. The van der Waals surface area contributed by atoms with Crippen molar-refractivity contribution in [1.29, 1.82) is 0 Å². The number of hydrogen-bond donors (Lipinski definition) is 1. The van der Waals surface area contributed by atoms with Crippen LogP contribution in [-0.4, -0.2) is 26.2 Å². The van der Waals surface area contributed by atoms with Gasteiger partial charge in [0.1, 0.15) is 0 Å². The lowest BCUT2D eigenvalue weighted by molar-refractivity contribution is 0.281. The summed E-state index contributed by atoms with van der Waals surface area (Å²) in [6, 6.07) is 10.8. The molecule has 0 heterocycles. The number of para-hydroxylation sites is 1. The van der Waals surface area contributed by atoms with Crippen molar-refractivity contribution in [3.8, 4) is 0 Å². The first-order valence-electron chi connectivity index (χ1n) is 8.16. The predicted molar refractivity (Wildman–Crippen MR) is 90.5 cm³/mol. The first-order chi connectivity index (χ1) is 9.65. The van der Waals surface area contributed by atoms with Gasteiger partial charge in [-0.1, -0.05) is 45.4 Å². The molecular weight excluding hydrogens is 244 g/mol. The second kappa shape index (κ2) is 9.02. The molecule has 1 unspecified atom stereocenters. The lowest BCUT2D eigenvalue weighted by Gasteiger charge is -2.36. The zero-order chi connectivity index (χ0) is 14.8. The smallest absolute Gasteiger partial charge is 0.0366 e. The van der Waals surface area contributed by atoms with E-state index < -0.39 is 0 Å². The normalized spacial score (nSPS) is 14.0. The minimum absolute atomic E-state index is 0.343. The van der Waals surface area contributed by atoms with Gasteiger partial charge in [0, 0.05) is 25.3 Å². The fraction of sp³-hybridized carbons (Fsp3) is 0.667. The standard InChI is InChI=1S/C18H32N2/c1-5-13-18(4,15-19-14-6-2)16-20(7-3)17-11-9-8-10-12-17/h8-12,19H,5-7,13-16H2,1-4H3. The summed E-state index contributed by atoms with van der Waals surface area (Å²) in [6.45, 7) is 13.6. The van der Waals surface area contributed by atoms with E-state index in [0.29, 0.717) is 5.41 Å². The van der Waals surface area contributed by atoms with E-state index in [-0.39, 0.29) is 0 Å². The molecular formula is C18H32N2.